The molecule has 0 spiro atoms. The van der Waals surface area contributed by atoms with Crippen molar-refractivity contribution in [2.45, 2.75) is 19.8 Å². The molecule has 2 rings (SSSR count). The third kappa shape index (κ3) is 4.17. The normalized spacial score (nSPS) is 18.9. The predicted octanol–water partition coefficient (Wildman–Crippen LogP) is 1.06. The third-order valence-corrected chi connectivity index (χ3v) is 3.03. The van der Waals surface area contributed by atoms with Gasteiger partial charge in [0, 0.05) is 19.7 Å². The van der Waals surface area contributed by atoms with Crippen molar-refractivity contribution in [3.05, 3.63) is 18.1 Å². The molecule has 1 aliphatic rings. The van der Waals surface area contributed by atoms with Crippen LogP contribution in [0.1, 0.15) is 30.3 Å². The highest BCUT2D eigenvalue weighted by Crippen LogP contribution is 2.12. The first kappa shape index (κ1) is 13.7. The molecule has 1 aliphatic heterocycles. The summed E-state index contributed by atoms with van der Waals surface area (Å²) >= 11 is 0. The Hall–Kier alpha value is -1.69. The SMILES string of the molecule is CCNc1cncc(C(=O)NCC2CCCOC2)n1. The lowest BCUT2D eigenvalue weighted by molar-refractivity contribution is 0.0535. The molecule has 1 aromatic rings. The van der Waals surface area contributed by atoms with E-state index in [0.29, 0.717) is 24.0 Å². The Morgan fingerprint density at radius 3 is 3.16 bits per heavy atom. The van der Waals surface area contributed by atoms with Gasteiger partial charge in [-0.1, -0.05) is 0 Å². The van der Waals surface area contributed by atoms with Crippen molar-refractivity contribution in [3.63, 3.8) is 0 Å². The van der Waals surface area contributed by atoms with Crippen molar-refractivity contribution in [3.8, 4) is 0 Å². The summed E-state index contributed by atoms with van der Waals surface area (Å²) in [6, 6.07) is 0. The van der Waals surface area contributed by atoms with E-state index in [1.165, 1.54) is 6.20 Å². The van der Waals surface area contributed by atoms with Gasteiger partial charge in [-0.05, 0) is 25.7 Å². The number of anilines is 1. The van der Waals surface area contributed by atoms with Crippen molar-refractivity contribution in [2.75, 3.05) is 31.6 Å². The molecule has 1 saturated heterocycles. The van der Waals surface area contributed by atoms with Gasteiger partial charge in [-0.2, -0.15) is 0 Å². The predicted molar refractivity (Wildman–Crippen MR) is 72.1 cm³/mol. The van der Waals surface area contributed by atoms with Crippen LogP contribution in [0.5, 0.6) is 0 Å². The summed E-state index contributed by atoms with van der Waals surface area (Å²) in [7, 11) is 0. The average molecular weight is 264 g/mol. The van der Waals surface area contributed by atoms with Crippen LogP contribution in [0.4, 0.5) is 5.82 Å². The van der Waals surface area contributed by atoms with Crippen LogP contribution in [0.2, 0.25) is 0 Å². The highest BCUT2D eigenvalue weighted by atomic mass is 16.5. The van der Waals surface area contributed by atoms with Crippen LogP contribution in [0.3, 0.4) is 0 Å². The molecule has 0 aliphatic carbocycles. The number of hydrogen-bond donors (Lipinski definition) is 2. The smallest absolute Gasteiger partial charge is 0.271 e. The number of hydrogen-bond acceptors (Lipinski definition) is 5. The van der Waals surface area contributed by atoms with Gasteiger partial charge in [0.1, 0.15) is 11.5 Å². The number of nitrogens with zero attached hydrogens (tertiary/aromatic N) is 2. The molecule has 1 amide bonds. The molecule has 0 saturated carbocycles. The van der Waals surface area contributed by atoms with E-state index >= 15 is 0 Å². The molecular formula is C13H20N4O2. The van der Waals surface area contributed by atoms with Crippen LogP contribution in [0.25, 0.3) is 0 Å². The summed E-state index contributed by atoms with van der Waals surface area (Å²) in [5, 5.41) is 5.92. The van der Waals surface area contributed by atoms with Gasteiger partial charge in [-0.3, -0.25) is 9.78 Å². The first-order chi connectivity index (χ1) is 9.29. The molecule has 0 aromatic carbocycles. The Bertz CT molecular complexity index is 419. The Morgan fingerprint density at radius 1 is 1.53 bits per heavy atom. The third-order valence-electron chi connectivity index (χ3n) is 3.03. The maximum Gasteiger partial charge on any atom is 0.271 e. The van der Waals surface area contributed by atoms with E-state index < -0.39 is 0 Å². The number of carbonyl (C=O) groups excluding carboxylic acids is 1. The Kier molecular flexibility index (Phi) is 5.09. The maximum atomic E-state index is 12.0. The molecule has 6 nitrogen and oxygen atoms in total. The van der Waals surface area contributed by atoms with Crippen LogP contribution in [-0.2, 0) is 4.74 Å². The number of amides is 1. The minimum atomic E-state index is -0.183. The van der Waals surface area contributed by atoms with E-state index in [-0.39, 0.29) is 5.91 Å². The van der Waals surface area contributed by atoms with Crippen molar-refractivity contribution in [2.24, 2.45) is 5.92 Å². The summed E-state index contributed by atoms with van der Waals surface area (Å²) < 4.78 is 5.38. The number of aromatic nitrogens is 2. The van der Waals surface area contributed by atoms with Crippen LogP contribution in [0, 0.1) is 5.92 Å². The number of rotatable bonds is 5. The van der Waals surface area contributed by atoms with Crippen LogP contribution in [0.15, 0.2) is 12.4 Å². The van der Waals surface area contributed by atoms with Crippen LogP contribution < -0.4 is 10.6 Å². The first-order valence-electron chi connectivity index (χ1n) is 6.71. The van der Waals surface area contributed by atoms with Gasteiger partial charge >= 0.3 is 0 Å². The largest absolute Gasteiger partial charge is 0.381 e. The summed E-state index contributed by atoms with van der Waals surface area (Å²) in [6.07, 6.45) is 5.25. The summed E-state index contributed by atoms with van der Waals surface area (Å²) in [5.41, 5.74) is 0.343. The molecule has 1 fully saturated rings. The lowest BCUT2D eigenvalue weighted by Gasteiger charge is -2.22. The molecule has 1 unspecified atom stereocenters. The second kappa shape index (κ2) is 7.04. The summed E-state index contributed by atoms with van der Waals surface area (Å²) in [5.74, 6) is 0.844. The lowest BCUT2D eigenvalue weighted by atomic mass is 10.0. The fourth-order valence-electron chi connectivity index (χ4n) is 2.04. The highest BCUT2D eigenvalue weighted by Gasteiger charge is 2.16. The van der Waals surface area contributed by atoms with Gasteiger partial charge in [0.25, 0.3) is 5.91 Å². The zero-order valence-corrected chi connectivity index (χ0v) is 11.2. The quantitative estimate of drug-likeness (QED) is 0.831. The van der Waals surface area contributed by atoms with Crippen LogP contribution >= 0.6 is 0 Å². The topological polar surface area (TPSA) is 76.1 Å². The van der Waals surface area contributed by atoms with Gasteiger partial charge in [-0.15, -0.1) is 0 Å². The molecule has 19 heavy (non-hydrogen) atoms. The van der Waals surface area contributed by atoms with E-state index in [1.807, 2.05) is 6.92 Å². The summed E-state index contributed by atoms with van der Waals surface area (Å²) in [6.45, 7) is 4.91. The van der Waals surface area contributed by atoms with Crippen molar-refractivity contribution in [1.29, 1.82) is 0 Å². The van der Waals surface area contributed by atoms with E-state index in [2.05, 4.69) is 20.6 Å². The second-order valence-electron chi connectivity index (χ2n) is 4.61. The van der Waals surface area contributed by atoms with Crippen molar-refractivity contribution >= 4 is 11.7 Å². The lowest BCUT2D eigenvalue weighted by Crippen LogP contribution is -2.33. The zero-order chi connectivity index (χ0) is 13.5. The van der Waals surface area contributed by atoms with Gasteiger partial charge in [0.2, 0.25) is 0 Å². The number of ether oxygens (including phenoxy) is 1. The van der Waals surface area contributed by atoms with Crippen molar-refractivity contribution < 1.29 is 9.53 Å². The monoisotopic (exact) mass is 264 g/mol. The average Bonchev–Trinajstić information content (AvgIpc) is 2.46. The molecule has 0 radical (unpaired) electrons. The molecule has 2 N–H and O–H groups in total. The fourth-order valence-corrected chi connectivity index (χ4v) is 2.04. The van der Waals surface area contributed by atoms with E-state index in [4.69, 9.17) is 4.74 Å². The molecule has 6 heteroatoms. The standard InChI is InChI=1S/C13H20N4O2/c1-2-15-12-8-14-7-11(17-12)13(18)16-6-10-4-3-5-19-9-10/h7-8,10H,2-6,9H2,1H3,(H,15,17)(H,16,18). The maximum absolute atomic E-state index is 12.0. The molecule has 104 valence electrons. The first-order valence-corrected chi connectivity index (χ1v) is 6.71. The molecule has 0 bridgehead atoms. The fraction of sp³-hybridized carbons (Fsp3) is 0.615. The highest BCUT2D eigenvalue weighted by molar-refractivity contribution is 5.92. The second-order valence-corrected chi connectivity index (χ2v) is 4.61. The van der Waals surface area contributed by atoms with Gasteiger partial charge in [-0.25, -0.2) is 4.98 Å². The Balaban J connectivity index is 1.86. The molecule has 1 aromatic heterocycles. The minimum absolute atomic E-state index is 0.183. The molecule has 1 atom stereocenters. The molecular weight excluding hydrogens is 244 g/mol. The summed E-state index contributed by atoms with van der Waals surface area (Å²) in [4.78, 5) is 20.2. The Labute approximate surface area is 113 Å². The van der Waals surface area contributed by atoms with Gasteiger partial charge in [0.05, 0.1) is 19.0 Å². The van der Waals surface area contributed by atoms with E-state index in [0.717, 1.165) is 32.6 Å². The van der Waals surface area contributed by atoms with Crippen LogP contribution in [-0.4, -0.2) is 42.2 Å². The minimum Gasteiger partial charge on any atom is -0.381 e. The van der Waals surface area contributed by atoms with Crippen molar-refractivity contribution in [1.82, 2.24) is 15.3 Å². The van der Waals surface area contributed by atoms with Gasteiger partial charge < -0.3 is 15.4 Å². The Morgan fingerprint density at radius 2 is 2.42 bits per heavy atom. The molecule has 2 heterocycles. The van der Waals surface area contributed by atoms with E-state index in [1.54, 1.807) is 6.20 Å². The van der Waals surface area contributed by atoms with E-state index in [9.17, 15) is 4.79 Å². The van der Waals surface area contributed by atoms with Gasteiger partial charge in [0.15, 0.2) is 0 Å². The number of carbonyl (C=O) groups is 1. The number of nitrogens with one attached hydrogen (secondary N) is 2. The zero-order valence-electron chi connectivity index (χ0n) is 11.2.